The van der Waals surface area contributed by atoms with Crippen molar-refractivity contribution in [3.8, 4) is 6.07 Å². The Balaban J connectivity index is 2.40. The Morgan fingerprint density at radius 1 is 1.40 bits per heavy atom. The fourth-order valence-corrected chi connectivity index (χ4v) is 1.96. The number of ketones is 2. The lowest BCUT2D eigenvalue weighted by molar-refractivity contribution is 0.0969. The van der Waals surface area contributed by atoms with Crippen molar-refractivity contribution in [3.05, 3.63) is 53.6 Å². The van der Waals surface area contributed by atoms with Crippen molar-refractivity contribution in [2.45, 2.75) is 12.8 Å². The maximum Gasteiger partial charge on any atom is 0.202 e. The average molecular weight is 267 g/mol. The Morgan fingerprint density at radius 3 is 2.65 bits per heavy atom. The molecule has 0 N–H and O–H groups in total. The van der Waals surface area contributed by atoms with Crippen molar-refractivity contribution >= 4 is 11.6 Å². The van der Waals surface area contributed by atoms with Crippen LogP contribution in [-0.4, -0.2) is 21.1 Å². The van der Waals surface area contributed by atoms with E-state index in [0.717, 1.165) is 0 Å². The van der Waals surface area contributed by atoms with E-state index < -0.39 is 5.92 Å². The van der Waals surface area contributed by atoms with Crippen LogP contribution < -0.4 is 0 Å². The molecule has 2 aromatic heterocycles. The van der Waals surface area contributed by atoms with Gasteiger partial charge in [-0.1, -0.05) is 6.07 Å². The molecular formula is C15H13N3O2. The Kier molecular flexibility index (Phi) is 3.76. The second-order valence-electron chi connectivity index (χ2n) is 4.46. The van der Waals surface area contributed by atoms with E-state index in [4.69, 9.17) is 0 Å². The highest BCUT2D eigenvalue weighted by Gasteiger charge is 2.25. The molecule has 0 saturated heterocycles. The fraction of sp³-hybridized carbons (Fsp3) is 0.200. The number of nitriles is 1. The van der Waals surface area contributed by atoms with Gasteiger partial charge in [0, 0.05) is 25.0 Å². The van der Waals surface area contributed by atoms with Crippen molar-refractivity contribution in [1.82, 2.24) is 9.55 Å². The fourth-order valence-electron chi connectivity index (χ4n) is 1.96. The second-order valence-corrected chi connectivity index (χ2v) is 4.46. The van der Waals surface area contributed by atoms with Gasteiger partial charge in [0.25, 0.3) is 0 Å². The molecule has 0 amide bonds. The maximum absolute atomic E-state index is 12.4. The van der Waals surface area contributed by atoms with Crippen molar-refractivity contribution < 1.29 is 9.59 Å². The largest absolute Gasteiger partial charge is 0.347 e. The summed E-state index contributed by atoms with van der Waals surface area (Å²) in [6, 6.07) is 8.57. The number of nitrogens with zero attached hydrogens (tertiary/aromatic N) is 3. The van der Waals surface area contributed by atoms with Gasteiger partial charge in [0.15, 0.2) is 11.7 Å². The quantitative estimate of drug-likeness (QED) is 0.795. The van der Waals surface area contributed by atoms with Gasteiger partial charge in [-0.15, -0.1) is 0 Å². The zero-order valence-electron chi connectivity index (χ0n) is 11.2. The number of carbonyl (C=O) groups excluding carboxylic acids is 2. The molecule has 100 valence electrons. The summed E-state index contributed by atoms with van der Waals surface area (Å²) in [5.41, 5.74) is 1.19. The molecule has 1 atom stereocenters. The zero-order valence-corrected chi connectivity index (χ0v) is 11.2. The summed E-state index contributed by atoms with van der Waals surface area (Å²) < 4.78 is 1.56. The number of hydrogen-bond donors (Lipinski definition) is 0. The van der Waals surface area contributed by atoms with Gasteiger partial charge in [-0.25, -0.2) is 0 Å². The van der Waals surface area contributed by atoms with Gasteiger partial charge in [0.2, 0.25) is 5.78 Å². The summed E-state index contributed by atoms with van der Waals surface area (Å²) in [4.78, 5) is 27.8. The van der Waals surface area contributed by atoms with Crippen LogP contribution in [0, 0.1) is 11.3 Å². The summed E-state index contributed by atoms with van der Waals surface area (Å²) in [6.45, 7) is 1.43. The van der Waals surface area contributed by atoms with E-state index in [1.807, 2.05) is 6.07 Å². The van der Waals surface area contributed by atoms with Crippen LogP contribution in [0.5, 0.6) is 0 Å². The van der Waals surface area contributed by atoms with Gasteiger partial charge in [-0.3, -0.25) is 14.6 Å². The van der Waals surface area contributed by atoms with Crippen molar-refractivity contribution in [1.29, 1.82) is 5.26 Å². The third-order valence-electron chi connectivity index (χ3n) is 3.04. The van der Waals surface area contributed by atoms with Crippen molar-refractivity contribution in [2.24, 2.45) is 7.05 Å². The number of aromatic nitrogens is 2. The molecular weight excluding hydrogens is 254 g/mol. The minimum atomic E-state index is -0.968. The van der Waals surface area contributed by atoms with Gasteiger partial charge < -0.3 is 4.57 Å². The number of rotatable bonds is 4. The summed E-state index contributed by atoms with van der Waals surface area (Å²) >= 11 is 0. The first kappa shape index (κ1) is 13.7. The lowest BCUT2D eigenvalue weighted by Crippen LogP contribution is -2.15. The van der Waals surface area contributed by atoms with Crippen LogP contribution in [0.3, 0.4) is 0 Å². The van der Waals surface area contributed by atoms with Gasteiger partial charge >= 0.3 is 0 Å². The maximum atomic E-state index is 12.4. The zero-order chi connectivity index (χ0) is 14.7. The van der Waals surface area contributed by atoms with Crippen LogP contribution in [-0.2, 0) is 7.05 Å². The van der Waals surface area contributed by atoms with Gasteiger partial charge in [0.05, 0.1) is 17.5 Å². The molecule has 0 saturated carbocycles. The number of pyridine rings is 1. The first-order valence-corrected chi connectivity index (χ1v) is 6.06. The molecule has 0 fully saturated rings. The van der Waals surface area contributed by atoms with Crippen LogP contribution >= 0.6 is 0 Å². The molecule has 5 nitrogen and oxygen atoms in total. The van der Waals surface area contributed by atoms with Crippen LogP contribution in [0.4, 0.5) is 0 Å². The molecule has 0 aromatic carbocycles. The van der Waals surface area contributed by atoms with Crippen LogP contribution in [0.1, 0.15) is 39.4 Å². The highest BCUT2D eigenvalue weighted by molar-refractivity contribution is 6.04. The molecule has 0 bridgehead atoms. The normalized spacial score (nSPS) is 11.7. The van der Waals surface area contributed by atoms with Crippen LogP contribution in [0.2, 0.25) is 0 Å². The smallest absolute Gasteiger partial charge is 0.202 e. The standard InChI is InChI=1S/C15H13N3O2/c1-10(19)11-7-14(18(2)9-11)15(20)12(8-16)13-5-3-4-6-17-13/h3-7,9,12H,1-2H3/t12-/m0/s1. The van der Waals surface area contributed by atoms with E-state index in [2.05, 4.69) is 4.98 Å². The predicted molar refractivity (Wildman–Crippen MR) is 72.3 cm³/mol. The van der Waals surface area contributed by atoms with E-state index in [0.29, 0.717) is 17.0 Å². The van der Waals surface area contributed by atoms with Gasteiger partial charge in [0.1, 0.15) is 0 Å². The van der Waals surface area contributed by atoms with Gasteiger partial charge in [-0.05, 0) is 25.1 Å². The molecule has 0 radical (unpaired) electrons. The number of carbonyl (C=O) groups is 2. The molecule has 0 aliphatic heterocycles. The van der Waals surface area contributed by atoms with Crippen molar-refractivity contribution in [3.63, 3.8) is 0 Å². The topological polar surface area (TPSA) is 75.8 Å². The van der Waals surface area contributed by atoms with E-state index >= 15 is 0 Å². The molecule has 20 heavy (non-hydrogen) atoms. The Bertz CT molecular complexity index is 696. The molecule has 5 heteroatoms. The Labute approximate surface area is 116 Å². The number of Topliss-reactive ketones (excluding diaryl/α,β-unsaturated/α-hetero) is 2. The monoisotopic (exact) mass is 267 g/mol. The van der Waals surface area contributed by atoms with Crippen molar-refractivity contribution in [2.75, 3.05) is 0 Å². The average Bonchev–Trinajstić information content (AvgIpc) is 2.83. The number of hydrogen-bond acceptors (Lipinski definition) is 4. The minimum Gasteiger partial charge on any atom is -0.347 e. The Morgan fingerprint density at radius 2 is 2.15 bits per heavy atom. The van der Waals surface area contributed by atoms with Crippen LogP contribution in [0.15, 0.2) is 36.7 Å². The Hall–Kier alpha value is -2.74. The molecule has 0 unspecified atom stereocenters. The van der Waals surface area contributed by atoms with Gasteiger partial charge in [-0.2, -0.15) is 5.26 Å². The first-order chi connectivity index (χ1) is 9.54. The summed E-state index contributed by atoms with van der Waals surface area (Å²) in [6.07, 6.45) is 3.13. The molecule has 0 aliphatic carbocycles. The summed E-state index contributed by atoms with van der Waals surface area (Å²) in [5, 5.41) is 9.23. The third-order valence-corrected chi connectivity index (χ3v) is 3.04. The molecule has 2 heterocycles. The number of aryl methyl sites for hydroxylation is 1. The van der Waals surface area contributed by atoms with Crippen LogP contribution in [0.25, 0.3) is 0 Å². The SMILES string of the molecule is CC(=O)c1cc(C(=O)[C@@H](C#N)c2ccccn2)n(C)c1. The van der Waals surface area contributed by atoms with E-state index in [-0.39, 0.29) is 11.6 Å². The summed E-state index contributed by atoms with van der Waals surface area (Å²) in [7, 11) is 1.67. The first-order valence-electron chi connectivity index (χ1n) is 6.06. The predicted octanol–water partition coefficient (Wildman–Crippen LogP) is 2.11. The van der Waals surface area contributed by atoms with E-state index in [1.54, 1.807) is 42.2 Å². The molecule has 0 spiro atoms. The summed E-state index contributed by atoms with van der Waals surface area (Å²) in [5.74, 6) is -1.45. The van der Waals surface area contributed by atoms with E-state index in [1.165, 1.54) is 13.0 Å². The molecule has 0 aliphatic rings. The second kappa shape index (κ2) is 5.49. The molecule has 2 aromatic rings. The third kappa shape index (κ3) is 2.50. The van der Waals surface area contributed by atoms with E-state index in [9.17, 15) is 14.9 Å². The minimum absolute atomic E-state index is 0.119. The molecule has 2 rings (SSSR count). The lowest BCUT2D eigenvalue weighted by Gasteiger charge is -2.08. The lowest BCUT2D eigenvalue weighted by atomic mass is 9.98. The highest BCUT2D eigenvalue weighted by Crippen LogP contribution is 2.20. The highest BCUT2D eigenvalue weighted by atomic mass is 16.1.